The fourth-order valence-corrected chi connectivity index (χ4v) is 7.23. The quantitative estimate of drug-likeness (QED) is 0.427. The van der Waals surface area contributed by atoms with Gasteiger partial charge in [-0.25, -0.2) is 0 Å². The fourth-order valence-electron chi connectivity index (χ4n) is 7.23. The molecule has 27 heavy (non-hydrogen) atoms. The SMILES string of the molecule is CCC(=O)OC1C2CCC3C(C)(O)C4CC(O)CC4(O)C(O)CC13CC2O. The first-order chi connectivity index (χ1) is 12.6. The highest BCUT2D eigenvalue weighted by molar-refractivity contribution is 5.69. The third-order valence-corrected chi connectivity index (χ3v) is 8.30. The summed E-state index contributed by atoms with van der Waals surface area (Å²) in [5.74, 6) is -1.58. The molecule has 0 amide bonds. The molecule has 5 N–H and O–H groups in total. The van der Waals surface area contributed by atoms with Gasteiger partial charge in [0.15, 0.2) is 0 Å². The number of aliphatic hydroxyl groups excluding tert-OH is 3. The van der Waals surface area contributed by atoms with Gasteiger partial charge in [0.25, 0.3) is 0 Å². The molecule has 154 valence electrons. The largest absolute Gasteiger partial charge is 0.461 e. The van der Waals surface area contributed by atoms with Crippen LogP contribution in [-0.2, 0) is 9.53 Å². The molecule has 10 unspecified atom stereocenters. The van der Waals surface area contributed by atoms with E-state index in [-0.39, 0.29) is 43.5 Å². The number of fused-ring (bicyclic) bond motifs is 2. The summed E-state index contributed by atoms with van der Waals surface area (Å²) < 4.78 is 5.78. The molecule has 0 saturated heterocycles. The Hall–Kier alpha value is -0.730. The summed E-state index contributed by atoms with van der Waals surface area (Å²) in [5.41, 5.74) is -3.71. The predicted molar refractivity (Wildman–Crippen MR) is 94.4 cm³/mol. The highest BCUT2D eigenvalue weighted by Crippen LogP contribution is 2.66. The van der Waals surface area contributed by atoms with Gasteiger partial charge in [0.2, 0.25) is 0 Å². The lowest BCUT2D eigenvalue weighted by Gasteiger charge is -2.51. The van der Waals surface area contributed by atoms with Gasteiger partial charge >= 0.3 is 5.97 Å². The Labute approximate surface area is 159 Å². The standard InChI is InChI=1S/C20H32O7/c1-3-16(24)27-17-11-4-5-13-18(2,25)14-6-10(21)7-20(14,26)15(23)9-19(13,17)8-12(11)22/h10-15,17,21-23,25-26H,3-9H2,1-2H3. The van der Waals surface area contributed by atoms with Gasteiger partial charge in [-0.3, -0.25) is 4.79 Å². The predicted octanol–water partition coefficient (Wildman–Crippen LogP) is 0.103. The van der Waals surface area contributed by atoms with E-state index in [1.807, 2.05) is 0 Å². The van der Waals surface area contributed by atoms with Crippen LogP contribution in [0.1, 0.15) is 58.8 Å². The molecular formula is C20H32O7. The number of esters is 1. The number of carbonyl (C=O) groups is 1. The molecule has 0 aromatic heterocycles. The van der Waals surface area contributed by atoms with E-state index in [4.69, 9.17) is 4.74 Å². The van der Waals surface area contributed by atoms with Gasteiger partial charge < -0.3 is 30.3 Å². The third-order valence-electron chi connectivity index (χ3n) is 8.30. The van der Waals surface area contributed by atoms with Gasteiger partial charge in [-0.15, -0.1) is 0 Å². The van der Waals surface area contributed by atoms with Gasteiger partial charge in [0.1, 0.15) is 6.10 Å². The number of ether oxygens (including phenoxy) is 1. The molecule has 0 aromatic rings. The first-order valence-corrected chi connectivity index (χ1v) is 10.2. The minimum Gasteiger partial charge on any atom is -0.461 e. The highest BCUT2D eigenvalue weighted by Gasteiger charge is 2.72. The maximum atomic E-state index is 12.1. The summed E-state index contributed by atoms with van der Waals surface area (Å²) in [6.45, 7) is 3.39. The van der Waals surface area contributed by atoms with E-state index in [0.717, 1.165) is 0 Å². The molecule has 0 heterocycles. The molecule has 4 aliphatic rings. The molecule has 7 heteroatoms. The average Bonchev–Trinajstić information content (AvgIpc) is 2.96. The number of hydrogen-bond acceptors (Lipinski definition) is 7. The Morgan fingerprint density at radius 3 is 2.44 bits per heavy atom. The van der Waals surface area contributed by atoms with Crippen molar-refractivity contribution in [2.75, 3.05) is 0 Å². The molecule has 4 aliphatic carbocycles. The number of rotatable bonds is 2. The summed E-state index contributed by atoms with van der Waals surface area (Å²) in [7, 11) is 0. The van der Waals surface area contributed by atoms with Gasteiger partial charge in [-0.05, 0) is 44.9 Å². The minimum absolute atomic E-state index is 0.0170. The van der Waals surface area contributed by atoms with E-state index >= 15 is 0 Å². The molecule has 0 aromatic carbocycles. The van der Waals surface area contributed by atoms with Crippen molar-refractivity contribution in [1.82, 2.24) is 0 Å². The van der Waals surface area contributed by atoms with Gasteiger partial charge in [-0.1, -0.05) is 6.92 Å². The van der Waals surface area contributed by atoms with Gasteiger partial charge in [-0.2, -0.15) is 0 Å². The summed E-state index contributed by atoms with van der Waals surface area (Å²) in [6, 6.07) is 0. The Morgan fingerprint density at radius 2 is 1.78 bits per heavy atom. The zero-order valence-electron chi connectivity index (χ0n) is 16.0. The molecule has 4 saturated carbocycles. The van der Waals surface area contributed by atoms with Crippen LogP contribution in [0, 0.1) is 23.2 Å². The van der Waals surface area contributed by atoms with E-state index in [1.54, 1.807) is 13.8 Å². The summed E-state index contributed by atoms with van der Waals surface area (Å²) in [4.78, 5) is 12.1. The van der Waals surface area contributed by atoms with E-state index < -0.39 is 47.0 Å². The Bertz CT molecular complexity index is 621. The van der Waals surface area contributed by atoms with Crippen molar-refractivity contribution >= 4 is 5.97 Å². The molecule has 4 fully saturated rings. The van der Waals surface area contributed by atoms with Crippen LogP contribution in [0.2, 0.25) is 0 Å². The van der Waals surface area contributed by atoms with Crippen molar-refractivity contribution < 1.29 is 35.1 Å². The third kappa shape index (κ3) is 2.55. The number of carbonyl (C=O) groups excluding carboxylic acids is 1. The maximum Gasteiger partial charge on any atom is 0.305 e. The van der Waals surface area contributed by atoms with Crippen LogP contribution in [0.25, 0.3) is 0 Å². The van der Waals surface area contributed by atoms with Crippen LogP contribution in [0.4, 0.5) is 0 Å². The lowest BCUT2D eigenvalue weighted by atomic mass is 9.57. The van der Waals surface area contributed by atoms with Gasteiger partial charge in [0, 0.05) is 30.1 Å². The Kier molecular flexibility index (Phi) is 4.45. The smallest absolute Gasteiger partial charge is 0.305 e. The first kappa shape index (κ1) is 19.6. The van der Waals surface area contributed by atoms with Crippen molar-refractivity contribution in [3.05, 3.63) is 0 Å². The zero-order valence-corrected chi connectivity index (χ0v) is 16.0. The summed E-state index contributed by atoms with van der Waals surface area (Å²) in [6.07, 6.45) is -0.986. The summed E-state index contributed by atoms with van der Waals surface area (Å²) in [5, 5.41) is 54.8. The molecule has 0 aliphatic heterocycles. The van der Waals surface area contributed by atoms with Crippen LogP contribution in [0.3, 0.4) is 0 Å². The number of hydrogen-bond donors (Lipinski definition) is 5. The molecular weight excluding hydrogens is 352 g/mol. The fraction of sp³-hybridized carbons (Fsp3) is 0.950. The highest BCUT2D eigenvalue weighted by atomic mass is 16.5. The lowest BCUT2D eigenvalue weighted by Crippen LogP contribution is -2.57. The molecule has 1 spiro atoms. The average molecular weight is 384 g/mol. The number of aliphatic hydroxyl groups is 5. The van der Waals surface area contributed by atoms with E-state index in [1.165, 1.54) is 0 Å². The molecule has 7 nitrogen and oxygen atoms in total. The zero-order chi connectivity index (χ0) is 19.8. The van der Waals surface area contributed by atoms with Crippen LogP contribution in [-0.4, -0.2) is 67.1 Å². The monoisotopic (exact) mass is 384 g/mol. The van der Waals surface area contributed by atoms with Crippen LogP contribution in [0.15, 0.2) is 0 Å². The second-order valence-electron chi connectivity index (χ2n) is 9.65. The van der Waals surface area contributed by atoms with E-state index in [0.29, 0.717) is 19.3 Å². The second kappa shape index (κ2) is 6.13. The summed E-state index contributed by atoms with van der Waals surface area (Å²) >= 11 is 0. The molecule has 0 radical (unpaired) electrons. The maximum absolute atomic E-state index is 12.1. The second-order valence-corrected chi connectivity index (χ2v) is 9.65. The molecule has 4 rings (SSSR count). The van der Waals surface area contributed by atoms with Crippen LogP contribution >= 0.6 is 0 Å². The van der Waals surface area contributed by atoms with Crippen molar-refractivity contribution in [3.63, 3.8) is 0 Å². The molecule has 2 bridgehead atoms. The van der Waals surface area contributed by atoms with Crippen molar-refractivity contribution in [3.8, 4) is 0 Å². The van der Waals surface area contributed by atoms with E-state index in [2.05, 4.69) is 0 Å². The normalized spacial score (nSPS) is 56.9. The minimum atomic E-state index is -1.59. The van der Waals surface area contributed by atoms with Crippen LogP contribution < -0.4 is 0 Å². The Morgan fingerprint density at radius 1 is 1.07 bits per heavy atom. The Balaban J connectivity index is 1.81. The topological polar surface area (TPSA) is 127 Å². The van der Waals surface area contributed by atoms with Crippen LogP contribution in [0.5, 0.6) is 0 Å². The van der Waals surface area contributed by atoms with Crippen molar-refractivity contribution in [1.29, 1.82) is 0 Å². The lowest BCUT2D eigenvalue weighted by molar-refractivity contribution is -0.186. The first-order valence-electron chi connectivity index (χ1n) is 10.2. The van der Waals surface area contributed by atoms with Crippen molar-refractivity contribution in [2.24, 2.45) is 23.2 Å². The molecule has 10 atom stereocenters. The van der Waals surface area contributed by atoms with E-state index in [9.17, 15) is 30.3 Å². The van der Waals surface area contributed by atoms with Gasteiger partial charge in [0.05, 0.1) is 29.5 Å². The van der Waals surface area contributed by atoms with Crippen molar-refractivity contribution in [2.45, 2.75) is 94.4 Å².